The monoisotopic (exact) mass is 201 g/mol. The van der Waals surface area contributed by atoms with E-state index in [2.05, 4.69) is 6.92 Å². The summed E-state index contributed by atoms with van der Waals surface area (Å²) in [5.41, 5.74) is 0. The van der Waals surface area contributed by atoms with E-state index in [-0.39, 0.29) is 0 Å². The highest BCUT2D eigenvalue weighted by Gasteiger charge is 2.26. The summed E-state index contributed by atoms with van der Waals surface area (Å²) in [5.74, 6) is 0. The van der Waals surface area contributed by atoms with E-state index in [0.29, 0.717) is 18.8 Å². The molecule has 14 heavy (non-hydrogen) atoms. The largest absolute Gasteiger partial charge is 0.373 e. The van der Waals surface area contributed by atoms with E-state index < -0.39 is 0 Å². The zero-order valence-electron chi connectivity index (χ0n) is 8.78. The summed E-state index contributed by atoms with van der Waals surface area (Å²) in [6.07, 6.45) is 3.06. The van der Waals surface area contributed by atoms with Gasteiger partial charge in [-0.05, 0) is 12.8 Å². The van der Waals surface area contributed by atoms with Gasteiger partial charge in [0.05, 0.1) is 25.9 Å². The molecule has 0 spiro atoms. The summed E-state index contributed by atoms with van der Waals surface area (Å²) >= 11 is 0. The van der Waals surface area contributed by atoms with Crippen molar-refractivity contribution in [1.29, 1.82) is 0 Å². The van der Waals surface area contributed by atoms with Crippen molar-refractivity contribution in [1.82, 2.24) is 5.06 Å². The molecular weight excluding hydrogens is 182 g/mol. The molecule has 2 aliphatic rings. The van der Waals surface area contributed by atoms with E-state index in [4.69, 9.17) is 14.3 Å². The zero-order valence-corrected chi connectivity index (χ0v) is 8.78. The lowest BCUT2D eigenvalue weighted by Crippen LogP contribution is -2.28. The van der Waals surface area contributed by atoms with Gasteiger partial charge in [0.25, 0.3) is 0 Å². The molecule has 0 bridgehead atoms. The summed E-state index contributed by atoms with van der Waals surface area (Å²) in [5, 5.41) is 2.04. The molecule has 0 aliphatic carbocycles. The lowest BCUT2D eigenvalue weighted by Gasteiger charge is -2.20. The Bertz CT molecular complexity index is 153. The second-order valence-electron chi connectivity index (χ2n) is 3.92. The second kappa shape index (κ2) is 5.07. The highest BCUT2D eigenvalue weighted by Crippen LogP contribution is 2.15. The molecule has 82 valence electrons. The van der Waals surface area contributed by atoms with Crippen LogP contribution in [0.25, 0.3) is 0 Å². The Hall–Kier alpha value is -0.160. The summed E-state index contributed by atoms with van der Waals surface area (Å²) in [6.45, 7) is 6.66. The van der Waals surface area contributed by atoms with Gasteiger partial charge in [-0.3, -0.25) is 4.84 Å². The van der Waals surface area contributed by atoms with Crippen molar-refractivity contribution in [2.24, 2.45) is 0 Å². The predicted octanol–water partition coefficient (Wildman–Crippen LogP) is 0.818. The van der Waals surface area contributed by atoms with Crippen LogP contribution in [-0.2, 0) is 14.3 Å². The lowest BCUT2D eigenvalue weighted by atomic mass is 10.3. The molecule has 2 unspecified atom stereocenters. The van der Waals surface area contributed by atoms with Gasteiger partial charge in [0, 0.05) is 13.1 Å². The van der Waals surface area contributed by atoms with Crippen molar-refractivity contribution in [2.45, 2.75) is 32.0 Å². The minimum Gasteiger partial charge on any atom is -0.373 e. The van der Waals surface area contributed by atoms with Crippen LogP contribution in [0.3, 0.4) is 0 Å². The van der Waals surface area contributed by atoms with Crippen molar-refractivity contribution in [3.05, 3.63) is 0 Å². The highest BCUT2D eigenvalue weighted by molar-refractivity contribution is 4.70. The van der Waals surface area contributed by atoms with E-state index in [1.165, 1.54) is 0 Å². The molecule has 0 aromatic carbocycles. The molecule has 2 rings (SSSR count). The highest BCUT2D eigenvalue weighted by atomic mass is 16.7. The van der Waals surface area contributed by atoms with Gasteiger partial charge in [-0.15, -0.1) is 0 Å². The third kappa shape index (κ3) is 3.92. The topological polar surface area (TPSA) is 37.5 Å². The molecule has 0 N–H and O–H groups in total. The van der Waals surface area contributed by atoms with Crippen LogP contribution < -0.4 is 0 Å². The van der Waals surface area contributed by atoms with E-state index in [9.17, 15) is 0 Å². The number of rotatable bonds is 8. The number of hydrogen-bond donors (Lipinski definition) is 0. The first-order valence-corrected chi connectivity index (χ1v) is 5.49. The van der Waals surface area contributed by atoms with Gasteiger partial charge in [-0.25, -0.2) is 0 Å². The quantitative estimate of drug-likeness (QED) is 0.430. The predicted molar refractivity (Wildman–Crippen MR) is 51.9 cm³/mol. The third-order valence-electron chi connectivity index (χ3n) is 2.42. The van der Waals surface area contributed by atoms with Gasteiger partial charge in [-0.1, -0.05) is 6.92 Å². The molecule has 0 aromatic rings. The Morgan fingerprint density at radius 2 is 1.93 bits per heavy atom. The number of nitrogens with zero attached hydrogens (tertiary/aromatic N) is 1. The molecular formula is C10H19NO3. The lowest BCUT2D eigenvalue weighted by molar-refractivity contribution is -0.163. The summed E-state index contributed by atoms with van der Waals surface area (Å²) in [4.78, 5) is 5.64. The fraction of sp³-hybridized carbons (Fsp3) is 1.00. The van der Waals surface area contributed by atoms with Gasteiger partial charge in [0.1, 0.15) is 6.10 Å². The van der Waals surface area contributed by atoms with E-state index in [1.54, 1.807) is 0 Å². The maximum absolute atomic E-state index is 5.64. The molecule has 4 nitrogen and oxygen atoms in total. The van der Waals surface area contributed by atoms with Gasteiger partial charge < -0.3 is 9.47 Å². The molecule has 2 saturated heterocycles. The van der Waals surface area contributed by atoms with Crippen LogP contribution in [0.4, 0.5) is 0 Å². The first-order chi connectivity index (χ1) is 6.88. The van der Waals surface area contributed by atoms with Crippen molar-refractivity contribution >= 4 is 0 Å². The third-order valence-corrected chi connectivity index (χ3v) is 2.42. The smallest absolute Gasteiger partial charge is 0.106 e. The van der Waals surface area contributed by atoms with Crippen LogP contribution in [0, 0.1) is 0 Å². The Kier molecular flexibility index (Phi) is 3.75. The Morgan fingerprint density at radius 3 is 2.50 bits per heavy atom. The maximum atomic E-state index is 5.64. The van der Waals surface area contributed by atoms with Crippen LogP contribution in [0.15, 0.2) is 0 Å². The average Bonchev–Trinajstić information content (AvgIpc) is 3.02. The molecule has 2 atom stereocenters. The normalized spacial score (nSPS) is 29.6. The average molecular weight is 201 g/mol. The van der Waals surface area contributed by atoms with Gasteiger partial charge in [0.15, 0.2) is 0 Å². The number of hydroxylamine groups is 2. The first-order valence-electron chi connectivity index (χ1n) is 5.49. The van der Waals surface area contributed by atoms with Crippen molar-refractivity contribution < 1.29 is 14.3 Å². The molecule has 2 heterocycles. The van der Waals surface area contributed by atoms with Crippen molar-refractivity contribution in [2.75, 3.05) is 32.9 Å². The molecule has 0 amide bonds. The van der Waals surface area contributed by atoms with Crippen LogP contribution in [0.2, 0.25) is 0 Å². The van der Waals surface area contributed by atoms with Gasteiger partial charge in [-0.2, -0.15) is 5.06 Å². The van der Waals surface area contributed by atoms with Crippen LogP contribution in [0.5, 0.6) is 0 Å². The molecule has 2 aliphatic heterocycles. The maximum Gasteiger partial charge on any atom is 0.106 e. The van der Waals surface area contributed by atoms with E-state index >= 15 is 0 Å². The number of epoxide rings is 2. The summed E-state index contributed by atoms with van der Waals surface area (Å²) in [6, 6.07) is 0. The van der Waals surface area contributed by atoms with E-state index in [0.717, 1.165) is 39.1 Å². The van der Waals surface area contributed by atoms with Crippen LogP contribution >= 0.6 is 0 Å². The number of hydrogen-bond acceptors (Lipinski definition) is 4. The molecule has 2 fully saturated rings. The fourth-order valence-corrected chi connectivity index (χ4v) is 1.37. The van der Waals surface area contributed by atoms with Gasteiger partial charge in [0.2, 0.25) is 0 Å². The molecule has 0 aromatic heterocycles. The fourth-order valence-electron chi connectivity index (χ4n) is 1.37. The Balaban J connectivity index is 1.57. The van der Waals surface area contributed by atoms with Crippen molar-refractivity contribution in [3.8, 4) is 0 Å². The molecule has 4 heteroatoms. The van der Waals surface area contributed by atoms with Crippen LogP contribution in [-0.4, -0.2) is 50.2 Å². The summed E-state index contributed by atoms with van der Waals surface area (Å²) < 4.78 is 10.3. The Morgan fingerprint density at radius 1 is 1.21 bits per heavy atom. The van der Waals surface area contributed by atoms with Crippen molar-refractivity contribution in [3.63, 3.8) is 0 Å². The molecule has 0 saturated carbocycles. The Labute approximate surface area is 85.1 Å². The first kappa shape index (κ1) is 10.4. The minimum atomic E-state index is 0.353. The minimum absolute atomic E-state index is 0.353. The second-order valence-corrected chi connectivity index (χ2v) is 3.92. The number of ether oxygens (including phenoxy) is 2. The zero-order chi connectivity index (χ0) is 9.80. The molecule has 0 radical (unpaired) electrons. The van der Waals surface area contributed by atoms with Crippen LogP contribution in [0.1, 0.15) is 19.8 Å². The van der Waals surface area contributed by atoms with Gasteiger partial charge >= 0.3 is 0 Å². The SMILES string of the molecule is CCCN(CCC1CO1)OCC1CO1. The standard InChI is InChI=1S/C10H19NO3/c1-2-4-11(5-3-9-6-12-9)14-8-10-7-13-10/h9-10H,2-8H2,1H3. The van der Waals surface area contributed by atoms with E-state index in [1.807, 2.05) is 5.06 Å². The summed E-state index contributed by atoms with van der Waals surface area (Å²) in [7, 11) is 0.